The number of nitrogens with one attached hydrogen (secondary N) is 3. The van der Waals surface area contributed by atoms with Gasteiger partial charge in [0.1, 0.15) is 4.90 Å². The lowest BCUT2D eigenvalue weighted by molar-refractivity contribution is -0.115. The smallest absolute Gasteiger partial charge is 0.244 e. The van der Waals surface area contributed by atoms with Crippen LogP contribution in [0.25, 0.3) is 0 Å². The SMILES string of the molecule is Cc1n[nH]c(C)c1S(=O)(=O)NCC(=O)Nc1ccc(N2CCCCC2)cc1. The van der Waals surface area contributed by atoms with Crippen LogP contribution in [-0.4, -0.2) is 44.2 Å². The van der Waals surface area contributed by atoms with Gasteiger partial charge in [-0.1, -0.05) is 0 Å². The van der Waals surface area contributed by atoms with Gasteiger partial charge in [0.15, 0.2) is 0 Å². The van der Waals surface area contributed by atoms with Crippen molar-refractivity contribution in [3.05, 3.63) is 35.7 Å². The third kappa shape index (κ3) is 4.67. The maximum atomic E-state index is 12.4. The Labute approximate surface area is 159 Å². The van der Waals surface area contributed by atoms with Crippen molar-refractivity contribution in [1.82, 2.24) is 14.9 Å². The molecular weight excluding hydrogens is 366 g/mol. The molecule has 146 valence electrons. The monoisotopic (exact) mass is 391 g/mol. The van der Waals surface area contributed by atoms with Crippen molar-refractivity contribution < 1.29 is 13.2 Å². The largest absolute Gasteiger partial charge is 0.372 e. The first kappa shape index (κ1) is 19.4. The molecule has 0 atom stereocenters. The second kappa shape index (κ2) is 8.10. The quantitative estimate of drug-likeness (QED) is 0.697. The molecule has 3 rings (SSSR count). The van der Waals surface area contributed by atoms with Crippen LogP contribution in [0.3, 0.4) is 0 Å². The van der Waals surface area contributed by atoms with Crippen molar-refractivity contribution in [2.45, 2.75) is 38.0 Å². The zero-order valence-electron chi connectivity index (χ0n) is 15.6. The summed E-state index contributed by atoms with van der Waals surface area (Å²) in [6.07, 6.45) is 3.68. The molecule has 1 aromatic carbocycles. The molecule has 0 bridgehead atoms. The van der Waals surface area contributed by atoms with Gasteiger partial charge in [-0.05, 0) is 57.4 Å². The summed E-state index contributed by atoms with van der Waals surface area (Å²) >= 11 is 0. The molecule has 1 aliphatic rings. The third-order valence-electron chi connectivity index (χ3n) is 4.62. The van der Waals surface area contributed by atoms with E-state index in [4.69, 9.17) is 0 Å². The average molecular weight is 391 g/mol. The van der Waals surface area contributed by atoms with Crippen LogP contribution in [0.1, 0.15) is 30.7 Å². The highest BCUT2D eigenvalue weighted by Gasteiger charge is 2.22. The van der Waals surface area contributed by atoms with Gasteiger partial charge in [0, 0.05) is 24.5 Å². The molecule has 0 aliphatic carbocycles. The first-order valence-electron chi connectivity index (χ1n) is 9.03. The van der Waals surface area contributed by atoms with Gasteiger partial charge in [0.05, 0.1) is 17.9 Å². The number of H-pyrrole nitrogens is 1. The third-order valence-corrected chi connectivity index (χ3v) is 6.29. The number of carbonyl (C=O) groups excluding carboxylic acids is 1. The summed E-state index contributed by atoms with van der Waals surface area (Å²) in [7, 11) is -3.80. The molecule has 9 heteroatoms. The number of rotatable bonds is 6. The number of aromatic amines is 1. The highest BCUT2D eigenvalue weighted by molar-refractivity contribution is 7.89. The molecule has 1 amide bonds. The average Bonchev–Trinajstić information content (AvgIpc) is 3.01. The second-order valence-electron chi connectivity index (χ2n) is 6.73. The van der Waals surface area contributed by atoms with Crippen molar-refractivity contribution in [1.29, 1.82) is 0 Å². The summed E-state index contributed by atoms with van der Waals surface area (Å²) in [5, 5.41) is 9.22. The zero-order valence-corrected chi connectivity index (χ0v) is 16.4. The van der Waals surface area contributed by atoms with Gasteiger partial charge in [-0.15, -0.1) is 0 Å². The fraction of sp³-hybridized carbons (Fsp3) is 0.444. The highest BCUT2D eigenvalue weighted by atomic mass is 32.2. The normalized spacial score (nSPS) is 15.0. The zero-order chi connectivity index (χ0) is 19.4. The molecule has 0 spiro atoms. The van der Waals surface area contributed by atoms with E-state index < -0.39 is 15.9 Å². The van der Waals surface area contributed by atoms with Gasteiger partial charge in [-0.3, -0.25) is 9.89 Å². The predicted octanol–water partition coefficient (Wildman–Crippen LogP) is 1.93. The molecule has 0 radical (unpaired) electrons. The molecule has 1 aliphatic heterocycles. The Bertz CT molecular complexity index is 880. The fourth-order valence-corrected chi connectivity index (χ4v) is 4.63. The van der Waals surface area contributed by atoms with E-state index in [9.17, 15) is 13.2 Å². The van der Waals surface area contributed by atoms with Gasteiger partial charge in [-0.2, -0.15) is 5.10 Å². The maximum absolute atomic E-state index is 12.4. The summed E-state index contributed by atoms with van der Waals surface area (Å²) in [4.78, 5) is 14.5. The van der Waals surface area contributed by atoms with Gasteiger partial charge in [0.25, 0.3) is 0 Å². The first-order chi connectivity index (χ1) is 12.9. The Morgan fingerprint density at radius 3 is 2.41 bits per heavy atom. The van der Waals surface area contributed by atoms with Crippen molar-refractivity contribution in [2.75, 3.05) is 29.9 Å². The van der Waals surface area contributed by atoms with Crippen molar-refractivity contribution in [3.8, 4) is 0 Å². The fourth-order valence-electron chi connectivity index (χ4n) is 3.28. The summed E-state index contributed by atoms with van der Waals surface area (Å²) < 4.78 is 27.0. The maximum Gasteiger partial charge on any atom is 0.244 e. The number of aryl methyl sites for hydroxylation is 2. The van der Waals surface area contributed by atoms with Crippen LogP contribution in [0.4, 0.5) is 11.4 Å². The van der Waals surface area contributed by atoms with E-state index in [-0.39, 0.29) is 11.4 Å². The van der Waals surface area contributed by atoms with Crippen molar-refractivity contribution in [3.63, 3.8) is 0 Å². The number of aromatic nitrogens is 2. The molecular formula is C18H25N5O3S. The Balaban J connectivity index is 1.56. The second-order valence-corrected chi connectivity index (χ2v) is 8.43. The van der Waals surface area contributed by atoms with E-state index in [0.29, 0.717) is 17.1 Å². The van der Waals surface area contributed by atoms with Crippen LogP contribution in [0.2, 0.25) is 0 Å². The van der Waals surface area contributed by atoms with E-state index in [0.717, 1.165) is 18.8 Å². The van der Waals surface area contributed by atoms with Gasteiger partial charge in [-0.25, -0.2) is 13.1 Å². The van der Waals surface area contributed by atoms with Crippen molar-refractivity contribution >= 4 is 27.3 Å². The van der Waals surface area contributed by atoms with Crippen LogP contribution in [0.15, 0.2) is 29.2 Å². The molecule has 1 aromatic heterocycles. The lowest BCUT2D eigenvalue weighted by Crippen LogP contribution is -2.33. The highest BCUT2D eigenvalue weighted by Crippen LogP contribution is 2.22. The minimum Gasteiger partial charge on any atom is -0.372 e. The lowest BCUT2D eigenvalue weighted by Gasteiger charge is -2.28. The molecule has 27 heavy (non-hydrogen) atoms. The molecule has 0 saturated carbocycles. The number of nitrogens with zero attached hydrogens (tertiary/aromatic N) is 2. The summed E-state index contributed by atoms with van der Waals surface area (Å²) in [6.45, 7) is 4.99. The molecule has 2 heterocycles. The van der Waals surface area contributed by atoms with Crippen LogP contribution < -0.4 is 14.9 Å². The Morgan fingerprint density at radius 1 is 1.15 bits per heavy atom. The number of piperidine rings is 1. The molecule has 8 nitrogen and oxygen atoms in total. The van der Waals surface area contributed by atoms with Crippen LogP contribution in [-0.2, 0) is 14.8 Å². The molecule has 1 saturated heterocycles. The van der Waals surface area contributed by atoms with E-state index in [1.165, 1.54) is 19.3 Å². The van der Waals surface area contributed by atoms with Crippen molar-refractivity contribution in [2.24, 2.45) is 0 Å². The van der Waals surface area contributed by atoms with Crippen LogP contribution in [0, 0.1) is 13.8 Å². The molecule has 1 fully saturated rings. The Morgan fingerprint density at radius 2 is 1.81 bits per heavy atom. The number of anilines is 2. The standard InChI is InChI=1S/C18H25N5O3S/c1-13-18(14(2)22-21-13)27(25,26)19-12-17(24)20-15-6-8-16(9-7-15)23-10-4-3-5-11-23/h6-9,19H,3-5,10-12H2,1-2H3,(H,20,24)(H,21,22). The van der Waals surface area contributed by atoms with Gasteiger partial charge < -0.3 is 10.2 Å². The summed E-state index contributed by atoms with van der Waals surface area (Å²) in [5.74, 6) is -0.428. The van der Waals surface area contributed by atoms with Gasteiger partial charge in [0.2, 0.25) is 15.9 Å². The van der Waals surface area contributed by atoms with E-state index >= 15 is 0 Å². The lowest BCUT2D eigenvalue weighted by atomic mass is 10.1. The number of carbonyl (C=O) groups is 1. The minimum atomic E-state index is -3.80. The Hall–Kier alpha value is -2.39. The summed E-state index contributed by atoms with van der Waals surface area (Å²) in [5.41, 5.74) is 2.58. The molecule has 2 aromatic rings. The Kier molecular flexibility index (Phi) is 5.81. The predicted molar refractivity (Wildman–Crippen MR) is 104 cm³/mol. The van der Waals surface area contributed by atoms with Crippen LogP contribution in [0.5, 0.6) is 0 Å². The van der Waals surface area contributed by atoms with Crippen LogP contribution >= 0.6 is 0 Å². The molecule has 3 N–H and O–H groups in total. The summed E-state index contributed by atoms with van der Waals surface area (Å²) in [6, 6.07) is 7.62. The molecule has 0 unspecified atom stereocenters. The minimum absolute atomic E-state index is 0.0844. The van der Waals surface area contributed by atoms with Gasteiger partial charge >= 0.3 is 0 Å². The number of hydrogen-bond donors (Lipinski definition) is 3. The number of benzene rings is 1. The number of hydrogen-bond acceptors (Lipinski definition) is 5. The van der Waals surface area contributed by atoms with E-state index in [2.05, 4.69) is 25.1 Å². The first-order valence-corrected chi connectivity index (χ1v) is 10.5. The topological polar surface area (TPSA) is 107 Å². The number of amides is 1. The number of sulfonamides is 1. The van der Waals surface area contributed by atoms with E-state index in [1.54, 1.807) is 13.8 Å². The van der Waals surface area contributed by atoms with E-state index in [1.807, 2.05) is 24.3 Å².